The Bertz CT molecular complexity index is 776. The van der Waals surface area contributed by atoms with Crippen LogP contribution >= 0.6 is 11.8 Å². The molecule has 0 atom stereocenters. The molecule has 0 aromatic heterocycles. The first-order valence-electron chi connectivity index (χ1n) is 9.11. The Morgan fingerprint density at radius 1 is 1.11 bits per heavy atom. The third kappa shape index (κ3) is 5.67. The van der Waals surface area contributed by atoms with Crippen LogP contribution in [0.3, 0.4) is 0 Å². The normalized spacial score (nSPS) is 10.8. The van der Waals surface area contributed by atoms with Crippen LogP contribution in [0.2, 0.25) is 0 Å². The highest BCUT2D eigenvalue weighted by Crippen LogP contribution is 2.36. The standard InChI is InChI=1S/C22H28O4S/c1-7-25-21(23)13-27-18-10-15(4)22(16(5)11-18)26-17-8-9-20(24-6)19(12-17)14(2)3/h8-12,14H,7,13H2,1-6H3. The summed E-state index contributed by atoms with van der Waals surface area (Å²) in [6, 6.07) is 9.98. The molecule has 5 heteroatoms. The Hall–Kier alpha value is -2.14. The van der Waals surface area contributed by atoms with E-state index in [0.29, 0.717) is 18.3 Å². The van der Waals surface area contributed by atoms with Crippen molar-refractivity contribution in [2.45, 2.75) is 45.4 Å². The molecule has 0 aliphatic carbocycles. The van der Waals surface area contributed by atoms with E-state index in [2.05, 4.69) is 13.8 Å². The summed E-state index contributed by atoms with van der Waals surface area (Å²) >= 11 is 1.48. The molecule has 0 aliphatic heterocycles. The second-order valence-electron chi connectivity index (χ2n) is 6.64. The molecule has 0 amide bonds. The Balaban J connectivity index is 2.20. The minimum Gasteiger partial charge on any atom is -0.496 e. The smallest absolute Gasteiger partial charge is 0.316 e. The van der Waals surface area contributed by atoms with Gasteiger partial charge < -0.3 is 14.2 Å². The molecule has 0 unspecified atom stereocenters. The summed E-state index contributed by atoms with van der Waals surface area (Å²) in [6.45, 7) is 10.5. The predicted molar refractivity (Wildman–Crippen MR) is 110 cm³/mol. The summed E-state index contributed by atoms with van der Waals surface area (Å²) in [6.07, 6.45) is 0. The first-order chi connectivity index (χ1) is 12.8. The highest BCUT2D eigenvalue weighted by molar-refractivity contribution is 8.00. The number of hydrogen-bond acceptors (Lipinski definition) is 5. The first-order valence-corrected chi connectivity index (χ1v) is 10.1. The van der Waals surface area contributed by atoms with E-state index in [1.807, 2.05) is 51.1 Å². The van der Waals surface area contributed by atoms with E-state index in [-0.39, 0.29) is 5.97 Å². The number of methoxy groups -OCH3 is 1. The fourth-order valence-electron chi connectivity index (χ4n) is 2.84. The van der Waals surface area contributed by atoms with Gasteiger partial charge in [-0.05, 0) is 68.1 Å². The van der Waals surface area contributed by atoms with Gasteiger partial charge in [0.15, 0.2) is 0 Å². The zero-order chi connectivity index (χ0) is 20.0. The average Bonchev–Trinajstić information content (AvgIpc) is 2.63. The summed E-state index contributed by atoms with van der Waals surface area (Å²) in [7, 11) is 1.68. The lowest BCUT2D eigenvalue weighted by Gasteiger charge is -2.17. The van der Waals surface area contributed by atoms with Crippen molar-refractivity contribution < 1.29 is 19.0 Å². The second-order valence-corrected chi connectivity index (χ2v) is 7.69. The number of aryl methyl sites for hydroxylation is 2. The van der Waals surface area contributed by atoms with Crippen LogP contribution in [0, 0.1) is 13.8 Å². The molecule has 4 nitrogen and oxygen atoms in total. The predicted octanol–water partition coefficient (Wildman–Crippen LogP) is 5.88. The summed E-state index contributed by atoms with van der Waals surface area (Å²) in [5.41, 5.74) is 3.18. The minimum absolute atomic E-state index is 0.197. The Morgan fingerprint density at radius 3 is 2.33 bits per heavy atom. The molecule has 146 valence electrons. The number of carbonyl (C=O) groups excluding carboxylic acids is 1. The van der Waals surface area contributed by atoms with E-state index in [4.69, 9.17) is 14.2 Å². The molecular weight excluding hydrogens is 360 g/mol. The quantitative estimate of drug-likeness (QED) is 0.417. The third-order valence-corrected chi connectivity index (χ3v) is 5.09. The number of benzene rings is 2. The van der Waals surface area contributed by atoms with Gasteiger partial charge in [-0.2, -0.15) is 0 Å². The molecule has 0 bridgehead atoms. The number of esters is 1. The first kappa shape index (κ1) is 21.2. The SMILES string of the molecule is CCOC(=O)CSc1cc(C)c(Oc2ccc(OC)c(C(C)C)c2)c(C)c1. The topological polar surface area (TPSA) is 44.8 Å². The van der Waals surface area contributed by atoms with Gasteiger partial charge in [0.25, 0.3) is 0 Å². The highest BCUT2D eigenvalue weighted by Gasteiger charge is 2.13. The van der Waals surface area contributed by atoms with E-state index in [1.165, 1.54) is 11.8 Å². The maximum atomic E-state index is 11.6. The zero-order valence-electron chi connectivity index (χ0n) is 16.9. The summed E-state index contributed by atoms with van der Waals surface area (Å²) in [4.78, 5) is 12.6. The Morgan fingerprint density at radius 2 is 1.78 bits per heavy atom. The number of rotatable bonds is 8. The van der Waals surface area contributed by atoms with Crippen molar-refractivity contribution in [2.24, 2.45) is 0 Å². The molecule has 0 saturated heterocycles. The second kappa shape index (κ2) is 9.70. The van der Waals surface area contributed by atoms with Crippen LogP contribution in [0.15, 0.2) is 35.2 Å². The molecular formula is C22H28O4S. The van der Waals surface area contributed by atoms with Crippen molar-refractivity contribution in [2.75, 3.05) is 19.5 Å². The fourth-order valence-corrected chi connectivity index (χ4v) is 3.73. The van der Waals surface area contributed by atoms with Gasteiger partial charge in [0, 0.05) is 10.5 Å². The molecule has 2 rings (SSSR count). The molecule has 0 radical (unpaired) electrons. The number of carbonyl (C=O) groups is 1. The van der Waals surface area contributed by atoms with Crippen LogP contribution < -0.4 is 9.47 Å². The van der Waals surface area contributed by atoms with Crippen LogP contribution in [0.4, 0.5) is 0 Å². The third-order valence-electron chi connectivity index (χ3n) is 4.14. The van der Waals surface area contributed by atoms with Gasteiger partial charge in [0.2, 0.25) is 0 Å². The van der Waals surface area contributed by atoms with Gasteiger partial charge >= 0.3 is 5.97 Å². The van der Waals surface area contributed by atoms with Crippen molar-refractivity contribution in [3.8, 4) is 17.2 Å². The van der Waals surface area contributed by atoms with Crippen molar-refractivity contribution in [1.82, 2.24) is 0 Å². The van der Waals surface area contributed by atoms with Gasteiger partial charge in [-0.3, -0.25) is 4.79 Å². The van der Waals surface area contributed by atoms with E-state index in [9.17, 15) is 4.79 Å². The Kier molecular flexibility index (Phi) is 7.60. The molecule has 0 spiro atoms. The van der Waals surface area contributed by atoms with Crippen molar-refractivity contribution in [3.05, 3.63) is 47.0 Å². The number of thioether (sulfide) groups is 1. The van der Waals surface area contributed by atoms with Crippen LogP contribution in [0.1, 0.15) is 43.4 Å². The number of ether oxygens (including phenoxy) is 3. The molecule has 0 aliphatic rings. The van der Waals surface area contributed by atoms with Crippen molar-refractivity contribution >= 4 is 17.7 Å². The molecule has 0 fully saturated rings. The molecule has 2 aromatic rings. The van der Waals surface area contributed by atoms with E-state index in [1.54, 1.807) is 7.11 Å². The maximum absolute atomic E-state index is 11.6. The van der Waals surface area contributed by atoms with Crippen LogP contribution in [-0.2, 0) is 9.53 Å². The van der Waals surface area contributed by atoms with E-state index >= 15 is 0 Å². The van der Waals surface area contributed by atoms with Gasteiger partial charge in [0.05, 0.1) is 19.5 Å². The van der Waals surface area contributed by atoms with Gasteiger partial charge in [-0.25, -0.2) is 0 Å². The van der Waals surface area contributed by atoms with E-state index < -0.39 is 0 Å². The van der Waals surface area contributed by atoms with Gasteiger partial charge in [0.1, 0.15) is 17.2 Å². The minimum atomic E-state index is -0.197. The fraction of sp³-hybridized carbons (Fsp3) is 0.409. The molecule has 0 heterocycles. The lowest BCUT2D eigenvalue weighted by Crippen LogP contribution is -2.06. The average molecular weight is 389 g/mol. The monoisotopic (exact) mass is 388 g/mol. The zero-order valence-corrected chi connectivity index (χ0v) is 17.7. The van der Waals surface area contributed by atoms with Gasteiger partial charge in [-0.1, -0.05) is 13.8 Å². The molecule has 0 saturated carbocycles. The summed E-state index contributed by atoms with van der Waals surface area (Å²) in [5, 5.41) is 0. The highest BCUT2D eigenvalue weighted by atomic mass is 32.2. The summed E-state index contributed by atoms with van der Waals surface area (Å²) in [5.74, 6) is 2.96. The van der Waals surface area contributed by atoms with Crippen LogP contribution in [-0.4, -0.2) is 25.4 Å². The maximum Gasteiger partial charge on any atom is 0.316 e. The molecule has 2 aromatic carbocycles. The van der Waals surface area contributed by atoms with E-state index in [0.717, 1.165) is 38.8 Å². The molecule has 0 N–H and O–H groups in total. The van der Waals surface area contributed by atoms with Gasteiger partial charge in [-0.15, -0.1) is 11.8 Å². The lowest BCUT2D eigenvalue weighted by atomic mass is 10.0. The van der Waals surface area contributed by atoms with Crippen molar-refractivity contribution in [1.29, 1.82) is 0 Å². The number of hydrogen-bond donors (Lipinski definition) is 0. The summed E-state index contributed by atoms with van der Waals surface area (Å²) < 4.78 is 16.6. The lowest BCUT2D eigenvalue weighted by molar-refractivity contribution is -0.139. The van der Waals surface area contributed by atoms with Crippen LogP contribution in [0.25, 0.3) is 0 Å². The van der Waals surface area contributed by atoms with Crippen LogP contribution in [0.5, 0.6) is 17.2 Å². The Labute approximate surface area is 166 Å². The largest absolute Gasteiger partial charge is 0.496 e. The van der Waals surface area contributed by atoms with Crippen molar-refractivity contribution in [3.63, 3.8) is 0 Å². The molecule has 27 heavy (non-hydrogen) atoms.